The number of nitrogens with one attached hydrogen (secondary N) is 3. The Hall–Kier alpha value is -3.68. The quantitative estimate of drug-likeness (QED) is 0.390. The molecule has 2 rings (SSSR count). The number of amides is 2. The largest absolute Gasteiger partial charge is 0.480 e. The fourth-order valence-corrected chi connectivity index (χ4v) is 2.75. The van der Waals surface area contributed by atoms with Crippen molar-refractivity contribution in [2.45, 2.75) is 59.3 Å². The van der Waals surface area contributed by atoms with Crippen LogP contribution in [0, 0.1) is 0 Å². The van der Waals surface area contributed by atoms with Crippen LogP contribution in [-0.2, 0) is 20.8 Å². The van der Waals surface area contributed by atoms with Crippen LogP contribution in [-0.4, -0.2) is 40.7 Å². The molecule has 9 heteroatoms. The van der Waals surface area contributed by atoms with E-state index in [1.54, 1.807) is 69.3 Å². The molecule has 0 spiro atoms. The number of para-hydroxylation sites is 2. The number of nitrogens with zero attached hydrogens (tertiary/aromatic N) is 1. The number of anilines is 2. The summed E-state index contributed by atoms with van der Waals surface area (Å²) in [5.74, 6) is 1.56. The fraction of sp³-hybridized carbons (Fsp3) is 0.400. The molecule has 0 fully saturated rings. The van der Waals surface area contributed by atoms with Crippen molar-refractivity contribution in [2.75, 3.05) is 17.2 Å². The molecule has 0 radical (unpaired) electrons. The summed E-state index contributed by atoms with van der Waals surface area (Å²) in [5, 5.41) is 8.48. The molecule has 9 nitrogen and oxygen atoms in total. The highest BCUT2D eigenvalue weighted by molar-refractivity contribution is 6.05. The Bertz CT molecular complexity index is 1050. The smallest absolute Gasteiger partial charge is 0.412 e. The first-order valence-electron chi connectivity index (χ1n) is 10.9. The van der Waals surface area contributed by atoms with Gasteiger partial charge in [0.1, 0.15) is 16.9 Å². The molecule has 2 aromatic rings. The normalized spacial score (nSPS) is 11.2. The van der Waals surface area contributed by atoms with Gasteiger partial charge in [-0.15, -0.1) is 0 Å². The maximum absolute atomic E-state index is 12.7. The summed E-state index contributed by atoms with van der Waals surface area (Å²) in [6.07, 6.45) is 0.950. The van der Waals surface area contributed by atoms with Crippen molar-refractivity contribution in [3.8, 4) is 0 Å². The maximum Gasteiger partial charge on any atom is 0.412 e. The third-order valence-corrected chi connectivity index (χ3v) is 4.03. The molecule has 0 saturated carbocycles. The number of benzene rings is 1. The molecule has 3 N–H and O–H groups in total. The van der Waals surface area contributed by atoms with Gasteiger partial charge in [-0.2, -0.15) is 0 Å². The Balaban J connectivity index is 1.96. The Morgan fingerprint density at radius 1 is 0.912 bits per heavy atom. The second kappa shape index (κ2) is 11.4. The molecular formula is C25H32N4O5. The molecule has 0 bridgehead atoms. The highest BCUT2D eigenvalue weighted by Crippen LogP contribution is 2.22. The lowest BCUT2D eigenvalue weighted by molar-refractivity contribution is 0.0513. The summed E-state index contributed by atoms with van der Waals surface area (Å²) < 4.78 is 10.8. The van der Waals surface area contributed by atoms with Gasteiger partial charge < -0.3 is 20.1 Å². The van der Waals surface area contributed by atoms with Crippen molar-refractivity contribution < 1.29 is 23.9 Å². The van der Waals surface area contributed by atoms with E-state index in [0.29, 0.717) is 17.9 Å². The van der Waals surface area contributed by atoms with Gasteiger partial charge in [-0.1, -0.05) is 18.2 Å². The van der Waals surface area contributed by atoms with E-state index in [-0.39, 0.29) is 18.0 Å². The molecule has 0 aliphatic rings. The summed E-state index contributed by atoms with van der Waals surface area (Å²) in [6.45, 7) is 11.5. The Morgan fingerprint density at radius 2 is 1.53 bits per heavy atom. The minimum Gasteiger partial charge on any atom is -0.480 e. The van der Waals surface area contributed by atoms with Crippen LogP contribution < -0.4 is 16.0 Å². The molecule has 1 heterocycles. The molecule has 1 aromatic heterocycles. The van der Waals surface area contributed by atoms with Crippen molar-refractivity contribution >= 4 is 29.3 Å². The summed E-state index contributed by atoms with van der Waals surface area (Å²) in [5.41, 5.74) is 0.727. The predicted molar refractivity (Wildman–Crippen MR) is 130 cm³/mol. The number of hydrogen-bond acceptors (Lipinski definition) is 7. The summed E-state index contributed by atoms with van der Waals surface area (Å²) in [7, 11) is 0. The minimum atomic E-state index is -0.645. The number of ether oxygens (including phenoxy) is 2. The third-order valence-electron chi connectivity index (χ3n) is 4.03. The first-order valence-corrected chi connectivity index (χ1v) is 10.9. The van der Waals surface area contributed by atoms with Crippen LogP contribution in [0.25, 0.3) is 0 Å². The van der Waals surface area contributed by atoms with Gasteiger partial charge in [-0.25, -0.2) is 9.59 Å². The lowest BCUT2D eigenvalue weighted by Crippen LogP contribution is -2.27. The zero-order valence-electron chi connectivity index (χ0n) is 20.4. The van der Waals surface area contributed by atoms with Crippen molar-refractivity contribution in [3.05, 3.63) is 59.6 Å². The number of pyridine rings is 1. The molecule has 182 valence electrons. The van der Waals surface area contributed by atoms with Gasteiger partial charge in [0, 0.05) is 12.7 Å². The molecule has 2 amide bonds. The number of rotatable bonds is 8. The molecular weight excluding hydrogens is 436 g/mol. The molecule has 0 atom stereocenters. The number of aromatic nitrogens is 1. The van der Waals surface area contributed by atoms with Crippen molar-refractivity contribution in [3.63, 3.8) is 0 Å². The SMILES string of the molecule is CC(C)(C)OC(=O)Nc1ccccc1NC(=O)c1ccc(CNCC(=C=O)OC(C)(C)C)cn1. The van der Waals surface area contributed by atoms with Gasteiger partial charge in [0.05, 0.1) is 17.9 Å². The van der Waals surface area contributed by atoms with Crippen molar-refractivity contribution in [1.29, 1.82) is 0 Å². The van der Waals surface area contributed by atoms with Crippen LogP contribution in [0.4, 0.5) is 16.2 Å². The second-order valence-corrected chi connectivity index (χ2v) is 9.52. The van der Waals surface area contributed by atoms with E-state index in [9.17, 15) is 14.4 Å². The van der Waals surface area contributed by atoms with E-state index in [2.05, 4.69) is 20.9 Å². The van der Waals surface area contributed by atoms with E-state index in [1.165, 1.54) is 0 Å². The lowest BCUT2D eigenvalue weighted by Gasteiger charge is -2.21. The van der Waals surface area contributed by atoms with E-state index in [0.717, 1.165) is 5.56 Å². The highest BCUT2D eigenvalue weighted by Gasteiger charge is 2.18. The van der Waals surface area contributed by atoms with Crippen LogP contribution in [0.5, 0.6) is 0 Å². The molecule has 1 aromatic carbocycles. The molecule has 0 unspecified atom stereocenters. The van der Waals surface area contributed by atoms with E-state index in [1.807, 2.05) is 20.8 Å². The van der Waals surface area contributed by atoms with E-state index >= 15 is 0 Å². The van der Waals surface area contributed by atoms with Gasteiger partial charge in [-0.05, 0) is 65.3 Å². The van der Waals surface area contributed by atoms with Crippen LogP contribution in [0.2, 0.25) is 0 Å². The maximum atomic E-state index is 12.7. The Labute approximate surface area is 199 Å². The summed E-state index contributed by atoms with van der Waals surface area (Å²) in [6, 6.07) is 10.2. The van der Waals surface area contributed by atoms with Crippen molar-refractivity contribution in [2.24, 2.45) is 0 Å². The predicted octanol–water partition coefficient (Wildman–Crippen LogP) is 4.30. The summed E-state index contributed by atoms with van der Waals surface area (Å²) >= 11 is 0. The average molecular weight is 469 g/mol. The van der Waals surface area contributed by atoms with Gasteiger partial charge in [-0.3, -0.25) is 15.1 Å². The monoisotopic (exact) mass is 468 g/mol. The minimum absolute atomic E-state index is 0.190. The molecule has 0 aliphatic heterocycles. The van der Waals surface area contributed by atoms with E-state index < -0.39 is 23.2 Å². The van der Waals surface area contributed by atoms with Crippen LogP contribution in [0.15, 0.2) is 48.4 Å². The lowest BCUT2D eigenvalue weighted by atomic mass is 10.2. The van der Waals surface area contributed by atoms with Crippen molar-refractivity contribution in [1.82, 2.24) is 10.3 Å². The van der Waals surface area contributed by atoms with Gasteiger partial charge >= 0.3 is 6.09 Å². The van der Waals surface area contributed by atoms with Crippen LogP contribution >= 0.6 is 0 Å². The summed E-state index contributed by atoms with van der Waals surface area (Å²) in [4.78, 5) is 40.0. The standard InChI is InChI=1S/C25H32N4O5/c1-24(2,3)33-18(16-30)15-26-13-17-11-12-21(27-14-17)22(31)28-19-9-7-8-10-20(19)29-23(32)34-25(4,5)6/h7-12,14,26H,13,15H2,1-6H3,(H,28,31)(H,29,32). The second-order valence-electron chi connectivity index (χ2n) is 9.52. The van der Waals surface area contributed by atoms with Gasteiger partial charge in [0.25, 0.3) is 5.91 Å². The average Bonchev–Trinajstić information content (AvgIpc) is 2.72. The highest BCUT2D eigenvalue weighted by atomic mass is 16.6. The molecule has 0 aliphatic carbocycles. The van der Waals surface area contributed by atoms with Gasteiger partial charge in [0.2, 0.25) is 0 Å². The van der Waals surface area contributed by atoms with E-state index in [4.69, 9.17) is 9.47 Å². The Morgan fingerprint density at radius 3 is 2.06 bits per heavy atom. The first-order chi connectivity index (χ1) is 15.9. The Kier molecular flexibility index (Phi) is 8.95. The number of carbonyl (C=O) groups excluding carboxylic acids is 3. The zero-order valence-corrected chi connectivity index (χ0v) is 20.4. The topological polar surface area (TPSA) is 119 Å². The number of carbonyl (C=O) groups is 2. The van der Waals surface area contributed by atoms with Crippen LogP contribution in [0.3, 0.4) is 0 Å². The molecule has 0 saturated heterocycles. The fourth-order valence-electron chi connectivity index (χ4n) is 2.75. The number of hydrogen-bond donors (Lipinski definition) is 3. The zero-order chi connectivity index (χ0) is 25.4. The third kappa shape index (κ3) is 9.44. The van der Waals surface area contributed by atoms with Crippen LogP contribution in [0.1, 0.15) is 57.6 Å². The first kappa shape index (κ1) is 26.6. The molecule has 34 heavy (non-hydrogen) atoms. The van der Waals surface area contributed by atoms with Gasteiger partial charge in [0.15, 0.2) is 11.7 Å².